The molecular weight excluding hydrogens is 329 g/mol. The fourth-order valence-corrected chi connectivity index (χ4v) is 3.72. The van der Waals surface area contributed by atoms with Gasteiger partial charge in [0, 0.05) is 61.1 Å². The number of aryl methyl sites for hydroxylation is 1. The van der Waals surface area contributed by atoms with Crippen molar-refractivity contribution in [3.8, 4) is 0 Å². The van der Waals surface area contributed by atoms with Crippen LogP contribution in [0.1, 0.15) is 17.2 Å². The van der Waals surface area contributed by atoms with Crippen molar-refractivity contribution in [1.29, 1.82) is 0 Å². The van der Waals surface area contributed by atoms with Gasteiger partial charge in [-0.05, 0) is 43.3 Å². The minimum Gasteiger partial charge on any atom is -0.387 e. The molecule has 0 radical (unpaired) electrons. The minimum atomic E-state index is -0.511. The van der Waals surface area contributed by atoms with Gasteiger partial charge in [0.25, 0.3) is 0 Å². The van der Waals surface area contributed by atoms with E-state index in [9.17, 15) is 9.50 Å². The number of halogens is 1. The number of hydrogen-bond donors (Lipinski definition) is 2. The summed E-state index contributed by atoms with van der Waals surface area (Å²) in [6.45, 7) is 6.22. The van der Waals surface area contributed by atoms with E-state index in [4.69, 9.17) is 0 Å². The molecule has 2 aromatic carbocycles. The first-order chi connectivity index (χ1) is 12.6. The SMILES string of the molecule is Cc1ccc2[nH]cc([C@@H](O)CN3CCN(c4ccc(F)cc4)CC3)c2c1. The molecule has 0 bridgehead atoms. The molecule has 136 valence electrons. The van der Waals surface area contributed by atoms with Crippen molar-refractivity contribution in [2.45, 2.75) is 13.0 Å². The van der Waals surface area contributed by atoms with Gasteiger partial charge in [-0.3, -0.25) is 4.90 Å². The van der Waals surface area contributed by atoms with Gasteiger partial charge in [-0.1, -0.05) is 11.6 Å². The second kappa shape index (κ2) is 7.09. The van der Waals surface area contributed by atoms with E-state index in [-0.39, 0.29) is 5.82 Å². The van der Waals surface area contributed by atoms with Crippen LogP contribution in [0, 0.1) is 12.7 Å². The predicted molar refractivity (Wildman–Crippen MR) is 103 cm³/mol. The van der Waals surface area contributed by atoms with Crippen LogP contribution in [0.25, 0.3) is 10.9 Å². The highest BCUT2D eigenvalue weighted by atomic mass is 19.1. The van der Waals surface area contributed by atoms with Crippen LogP contribution in [0.3, 0.4) is 0 Å². The summed E-state index contributed by atoms with van der Waals surface area (Å²) in [6, 6.07) is 12.9. The molecule has 1 fully saturated rings. The van der Waals surface area contributed by atoms with Crippen molar-refractivity contribution < 1.29 is 9.50 Å². The third kappa shape index (κ3) is 3.45. The number of nitrogens with zero attached hydrogens (tertiary/aromatic N) is 2. The quantitative estimate of drug-likeness (QED) is 0.755. The maximum Gasteiger partial charge on any atom is 0.123 e. The number of hydrogen-bond acceptors (Lipinski definition) is 3. The number of nitrogens with one attached hydrogen (secondary N) is 1. The number of aromatic amines is 1. The molecule has 1 aromatic heterocycles. The smallest absolute Gasteiger partial charge is 0.123 e. The molecule has 1 aliphatic rings. The summed E-state index contributed by atoms with van der Waals surface area (Å²) in [5.41, 5.74) is 4.27. The average molecular weight is 353 g/mol. The molecule has 26 heavy (non-hydrogen) atoms. The average Bonchev–Trinajstić information content (AvgIpc) is 3.06. The first kappa shape index (κ1) is 17.1. The Balaban J connectivity index is 1.39. The third-order valence-corrected chi connectivity index (χ3v) is 5.22. The van der Waals surface area contributed by atoms with E-state index in [1.54, 1.807) is 0 Å². The Labute approximate surface area is 152 Å². The predicted octanol–water partition coefficient (Wildman–Crippen LogP) is 3.47. The van der Waals surface area contributed by atoms with E-state index in [0.29, 0.717) is 6.54 Å². The Morgan fingerprint density at radius 3 is 2.54 bits per heavy atom. The van der Waals surface area contributed by atoms with Crippen LogP contribution in [0.15, 0.2) is 48.7 Å². The van der Waals surface area contributed by atoms with Gasteiger partial charge in [-0.2, -0.15) is 0 Å². The molecule has 4 rings (SSSR count). The highest BCUT2D eigenvalue weighted by molar-refractivity contribution is 5.84. The van der Waals surface area contributed by atoms with Crippen molar-refractivity contribution >= 4 is 16.6 Å². The number of aliphatic hydroxyl groups is 1. The summed E-state index contributed by atoms with van der Waals surface area (Å²) in [7, 11) is 0. The van der Waals surface area contributed by atoms with E-state index in [0.717, 1.165) is 48.3 Å². The highest BCUT2D eigenvalue weighted by Gasteiger charge is 2.21. The van der Waals surface area contributed by atoms with Crippen LogP contribution in [-0.2, 0) is 0 Å². The number of piperazine rings is 1. The van der Waals surface area contributed by atoms with E-state index in [1.807, 2.05) is 18.3 Å². The van der Waals surface area contributed by atoms with Crippen LogP contribution in [0.4, 0.5) is 10.1 Å². The molecular formula is C21H24FN3O. The summed E-state index contributed by atoms with van der Waals surface area (Å²) in [6.07, 6.45) is 1.41. The molecule has 5 heteroatoms. The third-order valence-electron chi connectivity index (χ3n) is 5.22. The summed E-state index contributed by atoms with van der Waals surface area (Å²) in [5.74, 6) is -0.204. The molecule has 3 aromatic rings. The number of aliphatic hydroxyl groups excluding tert-OH is 1. The summed E-state index contributed by atoms with van der Waals surface area (Å²) in [4.78, 5) is 7.80. The zero-order chi connectivity index (χ0) is 18.1. The first-order valence-corrected chi connectivity index (χ1v) is 9.09. The van der Waals surface area contributed by atoms with Gasteiger partial charge in [0.2, 0.25) is 0 Å². The van der Waals surface area contributed by atoms with Crippen molar-refractivity contribution in [1.82, 2.24) is 9.88 Å². The number of anilines is 1. The van der Waals surface area contributed by atoms with Crippen molar-refractivity contribution in [3.63, 3.8) is 0 Å². The molecule has 2 heterocycles. The molecule has 2 N–H and O–H groups in total. The lowest BCUT2D eigenvalue weighted by Crippen LogP contribution is -2.47. The number of fused-ring (bicyclic) bond motifs is 1. The number of rotatable bonds is 4. The van der Waals surface area contributed by atoms with E-state index in [2.05, 4.69) is 39.9 Å². The number of benzene rings is 2. The normalized spacial score (nSPS) is 17.0. The van der Waals surface area contributed by atoms with E-state index < -0.39 is 6.10 Å². The minimum absolute atomic E-state index is 0.204. The van der Waals surface area contributed by atoms with Gasteiger partial charge in [0.1, 0.15) is 5.82 Å². The van der Waals surface area contributed by atoms with Crippen molar-refractivity contribution in [2.24, 2.45) is 0 Å². The Hall–Kier alpha value is -2.37. The number of H-pyrrole nitrogens is 1. The van der Waals surface area contributed by atoms with Crippen LogP contribution >= 0.6 is 0 Å². The van der Waals surface area contributed by atoms with Gasteiger partial charge < -0.3 is 15.0 Å². The molecule has 0 spiro atoms. The standard InChI is InChI=1S/C21H24FN3O/c1-15-2-7-20-18(12-15)19(13-23-20)21(26)14-24-8-10-25(11-9-24)17-5-3-16(22)4-6-17/h2-7,12-13,21,23,26H,8-11,14H2,1H3/t21-/m0/s1. The van der Waals surface area contributed by atoms with E-state index >= 15 is 0 Å². The molecule has 0 aliphatic carbocycles. The summed E-state index contributed by atoms with van der Waals surface area (Å²) in [5, 5.41) is 11.8. The van der Waals surface area contributed by atoms with Gasteiger partial charge in [0.05, 0.1) is 6.10 Å². The van der Waals surface area contributed by atoms with Gasteiger partial charge in [-0.15, -0.1) is 0 Å². The van der Waals surface area contributed by atoms with Crippen LogP contribution in [0.2, 0.25) is 0 Å². The van der Waals surface area contributed by atoms with Crippen LogP contribution in [-0.4, -0.2) is 47.7 Å². The lowest BCUT2D eigenvalue weighted by molar-refractivity contribution is 0.110. The van der Waals surface area contributed by atoms with Gasteiger partial charge >= 0.3 is 0 Å². The molecule has 1 atom stereocenters. The van der Waals surface area contributed by atoms with Gasteiger partial charge in [-0.25, -0.2) is 4.39 Å². The Kier molecular flexibility index (Phi) is 4.66. The molecule has 4 nitrogen and oxygen atoms in total. The fourth-order valence-electron chi connectivity index (χ4n) is 3.72. The largest absolute Gasteiger partial charge is 0.387 e. The Morgan fingerprint density at radius 2 is 1.81 bits per heavy atom. The van der Waals surface area contributed by atoms with E-state index in [1.165, 1.54) is 17.7 Å². The maximum atomic E-state index is 13.1. The molecule has 1 saturated heterocycles. The zero-order valence-corrected chi connectivity index (χ0v) is 15.0. The lowest BCUT2D eigenvalue weighted by atomic mass is 10.1. The van der Waals surface area contributed by atoms with Crippen molar-refractivity contribution in [2.75, 3.05) is 37.6 Å². The van der Waals surface area contributed by atoms with Crippen LogP contribution in [0.5, 0.6) is 0 Å². The molecule has 0 unspecified atom stereocenters. The topological polar surface area (TPSA) is 42.5 Å². The highest BCUT2D eigenvalue weighted by Crippen LogP contribution is 2.26. The second-order valence-corrected chi connectivity index (χ2v) is 7.07. The summed E-state index contributed by atoms with van der Waals surface area (Å²) < 4.78 is 13.1. The summed E-state index contributed by atoms with van der Waals surface area (Å²) >= 11 is 0. The zero-order valence-electron chi connectivity index (χ0n) is 15.0. The Morgan fingerprint density at radius 1 is 1.08 bits per heavy atom. The number of β-amino-alcohol motifs (C(OH)–C–C–N with tert-alkyl or cyclic N) is 1. The Bertz CT molecular complexity index is 882. The second-order valence-electron chi connectivity index (χ2n) is 7.07. The number of aromatic nitrogens is 1. The molecule has 1 aliphatic heterocycles. The van der Waals surface area contributed by atoms with Gasteiger partial charge in [0.15, 0.2) is 0 Å². The van der Waals surface area contributed by atoms with Crippen molar-refractivity contribution in [3.05, 3.63) is 65.6 Å². The molecule has 0 saturated carbocycles. The first-order valence-electron chi connectivity index (χ1n) is 9.09. The lowest BCUT2D eigenvalue weighted by Gasteiger charge is -2.36. The monoisotopic (exact) mass is 353 g/mol. The van der Waals surface area contributed by atoms with Crippen LogP contribution < -0.4 is 4.90 Å². The maximum absolute atomic E-state index is 13.1. The molecule has 0 amide bonds. The fraction of sp³-hybridized carbons (Fsp3) is 0.333.